The second kappa shape index (κ2) is 11.0. The normalized spacial score (nSPS) is 15.6. The van der Waals surface area contributed by atoms with Gasteiger partial charge in [-0.05, 0) is 38.5 Å². The number of thiazole rings is 1. The molecular formula is C27H28F3N5O5S2. The van der Waals surface area contributed by atoms with Gasteiger partial charge >= 0.3 is 12.1 Å². The molecule has 0 radical (unpaired) electrons. The van der Waals surface area contributed by atoms with E-state index in [-0.39, 0.29) is 23.5 Å². The van der Waals surface area contributed by atoms with Crippen molar-refractivity contribution >= 4 is 38.1 Å². The van der Waals surface area contributed by atoms with Gasteiger partial charge in [-0.2, -0.15) is 22.9 Å². The summed E-state index contributed by atoms with van der Waals surface area (Å²) in [6.45, 7) is 3.84. The highest BCUT2D eigenvalue weighted by atomic mass is 32.2. The van der Waals surface area contributed by atoms with Gasteiger partial charge in [-0.15, -0.1) is 11.3 Å². The van der Waals surface area contributed by atoms with Gasteiger partial charge in [0.15, 0.2) is 10.0 Å². The number of aliphatic carboxylic acids is 1. The molecule has 2 N–H and O–H groups in total. The number of hydrogen-bond acceptors (Lipinski definition) is 9. The molecule has 10 nitrogen and oxygen atoms in total. The van der Waals surface area contributed by atoms with Crippen molar-refractivity contribution in [3.63, 3.8) is 0 Å². The molecule has 224 valence electrons. The second-order valence-electron chi connectivity index (χ2n) is 11.1. The second-order valence-corrected chi connectivity index (χ2v) is 13.7. The van der Waals surface area contributed by atoms with E-state index in [2.05, 4.69) is 15.1 Å². The molecule has 1 aliphatic rings. The summed E-state index contributed by atoms with van der Waals surface area (Å²) in [7, 11) is -4.62. The van der Waals surface area contributed by atoms with Crippen LogP contribution in [0, 0.1) is 11.3 Å². The molecule has 1 fully saturated rings. The lowest BCUT2D eigenvalue weighted by atomic mass is 9.82. The molecule has 1 aliphatic carbocycles. The molecule has 0 saturated heterocycles. The van der Waals surface area contributed by atoms with Crippen LogP contribution in [0.15, 0.2) is 40.0 Å². The zero-order valence-electron chi connectivity index (χ0n) is 22.9. The zero-order valence-corrected chi connectivity index (χ0v) is 24.5. The molecule has 1 aromatic carbocycles. The number of pyridine rings is 1. The Morgan fingerprint density at radius 2 is 1.88 bits per heavy atom. The van der Waals surface area contributed by atoms with Crippen molar-refractivity contribution in [3.05, 3.63) is 42.0 Å². The van der Waals surface area contributed by atoms with Crippen molar-refractivity contribution in [2.45, 2.75) is 70.1 Å². The zero-order chi connectivity index (χ0) is 30.4. The molecule has 42 heavy (non-hydrogen) atoms. The topological polar surface area (TPSA) is 148 Å². The number of fused-ring (bicyclic) bond motifs is 1. The van der Waals surface area contributed by atoms with Gasteiger partial charge in [0.1, 0.15) is 6.04 Å². The lowest BCUT2D eigenvalue weighted by molar-refractivity contribution is -0.147. The standard InChI is InChI=1S/C27H28F3N5O5S2/c1-14(27(28,29)30)35-42(38,39)24-17-10-5-4-9-16(17)18(13-31-24)21-19(11-15-7-6-8-15)32-23(41-21)22-33-20(40-34-22)12-26(2,3)25(36)37/h4-5,9-10,13-15,35H,6-8,11-12H2,1-3H3,(H,36,37). The van der Waals surface area contributed by atoms with Crippen LogP contribution in [0.3, 0.4) is 0 Å². The molecule has 0 amide bonds. The number of alkyl halides is 3. The monoisotopic (exact) mass is 623 g/mol. The Hall–Kier alpha value is -3.43. The first kappa shape index (κ1) is 30.0. The Balaban J connectivity index is 1.57. The molecular weight excluding hydrogens is 595 g/mol. The van der Waals surface area contributed by atoms with E-state index in [4.69, 9.17) is 9.51 Å². The Bertz CT molecular complexity index is 1750. The number of aromatic nitrogens is 4. The Kier molecular flexibility index (Phi) is 7.87. The fourth-order valence-corrected chi connectivity index (χ4v) is 6.96. The van der Waals surface area contributed by atoms with E-state index in [0.717, 1.165) is 31.9 Å². The molecule has 3 heterocycles. The highest BCUT2D eigenvalue weighted by molar-refractivity contribution is 7.89. The van der Waals surface area contributed by atoms with E-state index in [0.29, 0.717) is 33.2 Å². The molecule has 0 spiro atoms. The van der Waals surface area contributed by atoms with Crippen molar-refractivity contribution in [1.29, 1.82) is 0 Å². The number of benzene rings is 1. The Labute approximate surface area is 243 Å². The summed E-state index contributed by atoms with van der Waals surface area (Å²) in [5.74, 6) is -0.242. The molecule has 1 unspecified atom stereocenters. The van der Waals surface area contributed by atoms with E-state index in [9.17, 15) is 31.5 Å². The predicted molar refractivity (Wildman–Crippen MR) is 148 cm³/mol. The van der Waals surface area contributed by atoms with E-state index >= 15 is 0 Å². The lowest BCUT2D eigenvalue weighted by Crippen LogP contribution is -2.43. The van der Waals surface area contributed by atoms with Gasteiger partial charge in [0.05, 0.1) is 16.0 Å². The van der Waals surface area contributed by atoms with Gasteiger partial charge < -0.3 is 9.63 Å². The molecule has 1 saturated carbocycles. The summed E-state index contributed by atoms with van der Waals surface area (Å²) >= 11 is 1.26. The van der Waals surface area contributed by atoms with Gasteiger partial charge in [0.25, 0.3) is 10.0 Å². The van der Waals surface area contributed by atoms with E-state index < -0.39 is 38.7 Å². The molecule has 4 aromatic rings. The third-order valence-corrected chi connectivity index (χ3v) is 9.94. The quantitative estimate of drug-likeness (QED) is 0.229. The fraction of sp³-hybridized carbons (Fsp3) is 0.444. The fourth-order valence-electron chi connectivity index (χ4n) is 4.55. The number of rotatable bonds is 10. The van der Waals surface area contributed by atoms with Crippen molar-refractivity contribution in [2.75, 3.05) is 0 Å². The number of nitrogens with zero attached hydrogens (tertiary/aromatic N) is 4. The SMILES string of the molecule is CC(NS(=O)(=O)c1ncc(-c2sc(-c3noc(CC(C)(C)C(=O)O)n3)nc2CC2CCC2)c2ccccc12)C(F)(F)F. The molecule has 15 heteroatoms. The van der Waals surface area contributed by atoms with Gasteiger partial charge in [-0.25, -0.2) is 18.4 Å². The average molecular weight is 624 g/mol. The van der Waals surface area contributed by atoms with E-state index in [1.165, 1.54) is 23.6 Å². The van der Waals surface area contributed by atoms with Crippen molar-refractivity contribution in [1.82, 2.24) is 24.8 Å². The van der Waals surface area contributed by atoms with E-state index in [1.807, 2.05) is 0 Å². The van der Waals surface area contributed by atoms with E-state index in [1.54, 1.807) is 36.8 Å². The van der Waals surface area contributed by atoms with Crippen molar-refractivity contribution in [3.8, 4) is 21.3 Å². The van der Waals surface area contributed by atoms with Crippen LogP contribution in [0.4, 0.5) is 13.2 Å². The largest absolute Gasteiger partial charge is 0.481 e. The third kappa shape index (κ3) is 6.03. The van der Waals surface area contributed by atoms with Gasteiger partial charge in [-0.1, -0.05) is 48.7 Å². The van der Waals surface area contributed by atoms with Crippen molar-refractivity contribution in [2.24, 2.45) is 11.3 Å². The van der Waals surface area contributed by atoms with Crippen LogP contribution in [-0.2, 0) is 27.7 Å². The number of carbonyl (C=O) groups is 1. The minimum absolute atomic E-state index is 0.0218. The first-order valence-corrected chi connectivity index (χ1v) is 15.5. The van der Waals surface area contributed by atoms with Crippen LogP contribution in [0.1, 0.15) is 51.6 Å². The first-order valence-electron chi connectivity index (χ1n) is 13.2. The predicted octanol–water partition coefficient (Wildman–Crippen LogP) is 5.63. The highest BCUT2D eigenvalue weighted by Crippen LogP contribution is 2.42. The number of carboxylic acids is 1. The number of nitrogens with one attached hydrogen (secondary N) is 1. The summed E-state index contributed by atoms with van der Waals surface area (Å²) in [5.41, 5.74) is 0.192. The maximum atomic E-state index is 13.1. The maximum absolute atomic E-state index is 13.1. The highest BCUT2D eigenvalue weighted by Gasteiger charge is 2.39. The number of sulfonamides is 1. The number of halogens is 3. The summed E-state index contributed by atoms with van der Waals surface area (Å²) in [4.78, 5) is 25.6. The third-order valence-electron chi connectivity index (χ3n) is 7.32. The maximum Gasteiger partial charge on any atom is 0.404 e. The van der Waals surface area contributed by atoms with Crippen LogP contribution >= 0.6 is 11.3 Å². The van der Waals surface area contributed by atoms with Crippen LogP contribution in [0.2, 0.25) is 0 Å². The summed E-state index contributed by atoms with van der Waals surface area (Å²) in [6.07, 6.45) is 0.454. The van der Waals surface area contributed by atoms with Crippen LogP contribution in [-0.4, -0.2) is 51.8 Å². The average Bonchev–Trinajstić information content (AvgIpc) is 3.51. The van der Waals surface area contributed by atoms with Gasteiger partial charge in [0, 0.05) is 23.6 Å². The Morgan fingerprint density at radius 3 is 2.50 bits per heavy atom. The minimum Gasteiger partial charge on any atom is -0.481 e. The van der Waals surface area contributed by atoms with Crippen LogP contribution in [0.25, 0.3) is 32.0 Å². The number of hydrogen-bond donors (Lipinski definition) is 2. The summed E-state index contributed by atoms with van der Waals surface area (Å²) in [5, 5.41) is 14.0. The molecule has 1 atom stereocenters. The van der Waals surface area contributed by atoms with Crippen molar-refractivity contribution < 1.29 is 36.0 Å². The lowest BCUT2D eigenvalue weighted by Gasteiger charge is -2.24. The molecule has 5 rings (SSSR count). The Morgan fingerprint density at radius 1 is 1.19 bits per heavy atom. The minimum atomic E-state index is -4.77. The molecule has 0 bridgehead atoms. The number of carboxylic acid groups (broad SMARTS) is 1. The summed E-state index contributed by atoms with van der Waals surface area (Å²) < 4.78 is 72.4. The first-order chi connectivity index (χ1) is 19.7. The van der Waals surface area contributed by atoms with Crippen LogP contribution in [0.5, 0.6) is 0 Å². The smallest absolute Gasteiger partial charge is 0.404 e. The molecule has 0 aliphatic heterocycles. The van der Waals surface area contributed by atoms with Crippen LogP contribution < -0.4 is 4.72 Å². The van der Waals surface area contributed by atoms with Gasteiger partial charge in [0.2, 0.25) is 11.7 Å². The molecule has 3 aromatic heterocycles. The summed E-state index contributed by atoms with van der Waals surface area (Å²) in [6, 6.07) is 4.18. The van der Waals surface area contributed by atoms with Gasteiger partial charge in [-0.3, -0.25) is 4.79 Å².